The predicted molar refractivity (Wildman–Crippen MR) is 69.7 cm³/mol. The molecule has 2 rings (SSSR count). The highest BCUT2D eigenvalue weighted by atomic mass is 79.9. The van der Waals surface area contributed by atoms with Gasteiger partial charge in [0.2, 0.25) is 0 Å². The molecule has 2 N–H and O–H groups in total. The van der Waals surface area contributed by atoms with Crippen molar-refractivity contribution in [3.05, 3.63) is 32.7 Å². The second-order valence-electron chi connectivity index (χ2n) is 4.03. The molecule has 0 aromatic heterocycles. The smallest absolute Gasteiger partial charge is 0.0320 e. The molecule has 1 aliphatic heterocycles. The Labute approximate surface area is 107 Å². The van der Waals surface area contributed by atoms with E-state index in [1.54, 1.807) is 0 Å². The number of halogens is 2. The van der Waals surface area contributed by atoms with Crippen molar-refractivity contribution in [2.45, 2.75) is 19.0 Å². The quantitative estimate of drug-likeness (QED) is 0.901. The van der Waals surface area contributed by atoms with Gasteiger partial charge in [0.15, 0.2) is 0 Å². The number of hydrogen-bond donors (Lipinski definition) is 1. The molecule has 82 valence electrons. The fraction of sp³-hybridized carbons (Fsp3) is 0.455. The van der Waals surface area contributed by atoms with Crippen molar-refractivity contribution in [2.24, 2.45) is 5.73 Å². The second-order valence-corrected chi connectivity index (χ2v) is 5.74. The van der Waals surface area contributed by atoms with Crippen LogP contribution < -0.4 is 5.73 Å². The predicted octanol–water partition coefficient (Wildman–Crippen LogP) is 2.74. The summed E-state index contributed by atoms with van der Waals surface area (Å²) in [4.78, 5) is 2.40. The Bertz CT molecular complexity index is 354. The Morgan fingerprint density at radius 2 is 2.13 bits per heavy atom. The number of hydrogen-bond acceptors (Lipinski definition) is 2. The molecule has 1 fully saturated rings. The molecule has 1 aromatic carbocycles. The first kappa shape index (κ1) is 11.6. The van der Waals surface area contributed by atoms with Crippen LogP contribution in [0, 0.1) is 0 Å². The SMILES string of the molecule is N[C@H]1CCN(Cc2ccc(Br)c(Br)c2)C1. The molecule has 0 radical (unpaired) electrons. The summed E-state index contributed by atoms with van der Waals surface area (Å²) in [5.41, 5.74) is 7.21. The summed E-state index contributed by atoms with van der Waals surface area (Å²) in [6, 6.07) is 6.76. The maximum atomic E-state index is 5.87. The molecule has 2 nitrogen and oxygen atoms in total. The van der Waals surface area contributed by atoms with Gasteiger partial charge in [0.1, 0.15) is 0 Å². The number of rotatable bonds is 2. The zero-order valence-corrected chi connectivity index (χ0v) is 11.6. The van der Waals surface area contributed by atoms with Crippen LogP contribution in [-0.4, -0.2) is 24.0 Å². The van der Waals surface area contributed by atoms with Gasteiger partial charge in [-0.05, 0) is 56.0 Å². The standard InChI is InChI=1S/C11H14Br2N2/c12-10-2-1-8(5-11(10)13)6-15-4-3-9(14)7-15/h1-2,5,9H,3-4,6-7,14H2/t9-/m0/s1. The lowest BCUT2D eigenvalue weighted by Gasteiger charge is -2.15. The average Bonchev–Trinajstić information content (AvgIpc) is 2.58. The monoisotopic (exact) mass is 332 g/mol. The van der Waals surface area contributed by atoms with E-state index in [0.717, 1.165) is 35.0 Å². The number of likely N-dealkylation sites (tertiary alicyclic amines) is 1. The number of benzene rings is 1. The summed E-state index contributed by atoms with van der Waals surface area (Å²) in [6.07, 6.45) is 1.12. The third-order valence-electron chi connectivity index (χ3n) is 2.70. The van der Waals surface area contributed by atoms with E-state index >= 15 is 0 Å². The first-order valence-corrected chi connectivity index (χ1v) is 6.65. The lowest BCUT2D eigenvalue weighted by atomic mass is 10.2. The lowest BCUT2D eigenvalue weighted by Crippen LogP contribution is -2.26. The van der Waals surface area contributed by atoms with Gasteiger partial charge in [-0.1, -0.05) is 6.07 Å². The van der Waals surface area contributed by atoms with Crippen molar-refractivity contribution in [1.29, 1.82) is 0 Å². The van der Waals surface area contributed by atoms with E-state index in [1.807, 2.05) is 0 Å². The summed E-state index contributed by atoms with van der Waals surface area (Å²) < 4.78 is 2.22. The number of nitrogens with two attached hydrogens (primary N) is 1. The van der Waals surface area contributed by atoms with Crippen molar-refractivity contribution in [3.8, 4) is 0 Å². The van der Waals surface area contributed by atoms with Gasteiger partial charge in [-0.15, -0.1) is 0 Å². The highest BCUT2D eigenvalue weighted by Gasteiger charge is 2.18. The molecule has 1 aromatic rings. The minimum atomic E-state index is 0.365. The van der Waals surface area contributed by atoms with Crippen molar-refractivity contribution < 1.29 is 0 Å². The van der Waals surface area contributed by atoms with Gasteiger partial charge < -0.3 is 5.73 Å². The lowest BCUT2D eigenvalue weighted by molar-refractivity contribution is 0.327. The fourth-order valence-electron chi connectivity index (χ4n) is 1.90. The highest BCUT2D eigenvalue weighted by Crippen LogP contribution is 2.24. The van der Waals surface area contributed by atoms with E-state index < -0.39 is 0 Å². The summed E-state index contributed by atoms with van der Waals surface area (Å²) >= 11 is 6.99. The molecule has 0 amide bonds. The van der Waals surface area contributed by atoms with Gasteiger partial charge in [-0.3, -0.25) is 4.90 Å². The largest absolute Gasteiger partial charge is 0.326 e. The summed E-state index contributed by atoms with van der Waals surface area (Å²) in [5.74, 6) is 0. The Morgan fingerprint density at radius 3 is 2.73 bits per heavy atom. The topological polar surface area (TPSA) is 29.3 Å². The molecule has 0 saturated carbocycles. The van der Waals surface area contributed by atoms with Gasteiger partial charge in [0.05, 0.1) is 0 Å². The molecule has 1 saturated heterocycles. The first-order chi connectivity index (χ1) is 7.15. The third kappa shape index (κ3) is 3.03. The Kier molecular flexibility index (Phi) is 3.83. The van der Waals surface area contributed by atoms with Gasteiger partial charge in [-0.2, -0.15) is 0 Å². The summed E-state index contributed by atoms with van der Waals surface area (Å²) in [7, 11) is 0. The van der Waals surface area contributed by atoms with Crippen LogP contribution in [0.15, 0.2) is 27.1 Å². The molecule has 0 bridgehead atoms. The van der Waals surface area contributed by atoms with Crippen LogP contribution in [0.4, 0.5) is 0 Å². The van der Waals surface area contributed by atoms with E-state index in [9.17, 15) is 0 Å². The van der Waals surface area contributed by atoms with E-state index in [4.69, 9.17) is 5.73 Å². The Hall–Kier alpha value is 0.1000. The van der Waals surface area contributed by atoms with Crippen LogP contribution in [0.2, 0.25) is 0 Å². The zero-order valence-electron chi connectivity index (χ0n) is 8.42. The van der Waals surface area contributed by atoms with Crippen LogP contribution in [0.3, 0.4) is 0 Å². The van der Waals surface area contributed by atoms with Gasteiger partial charge in [0.25, 0.3) is 0 Å². The van der Waals surface area contributed by atoms with Gasteiger partial charge in [-0.25, -0.2) is 0 Å². The minimum Gasteiger partial charge on any atom is -0.326 e. The van der Waals surface area contributed by atoms with Crippen molar-refractivity contribution in [3.63, 3.8) is 0 Å². The van der Waals surface area contributed by atoms with Crippen molar-refractivity contribution in [2.75, 3.05) is 13.1 Å². The normalized spacial score (nSPS) is 22.2. The second kappa shape index (κ2) is 4.95. The molecule has 0 aliphatic carbocycles. The van der Waals surface area contributed by atoms with Gasteiger partial charge in [0, 0.05) is 34.6 Å². The van der Waals surface area contributed by atoms with Crippen LogP contribution in [-0.2, 0) is 6.54 Å². The molecule has 0 spiro atoms. The molecule has 1 heterocycles. The molecule has 1 aliphatic rings. The van der Waals surface area contributed by atoms with Crippen molar-refractivity contribution >= 4 is 31.9 Å². The molecule has 0 unspecified atom stereocenters. The number of nitrogens with zero attached hydrogens (tertiary/aromatic N) is 1. The third-order valence-corrected chi connectivity index (χ3v) is 4.58. The van der Waals surface area contributed by atoms with E-state index in [-0.39, 0.29) is 0 Å². The molecular weight excluding hydrogens is 320 g/mol. The maximum Gasteiger partial charge on any atom is 0.0320 e. The molecular formula is C11H14Br2N2. The summed E-state index contributed by atoms with van der Waals surface area (Å²) in [6.45, 7) is 3.14. The van der Waals surface area contributed by atoms with Crippen LogP contribution in [0.1, 0.15) is 12.0 Å². The highest BCUT2D eigenvalue weighted by molar-refractivity contribution is 9.13. The van der Waals surface area contributed by atoms with Crippen LogP contribution in [0.25, 0.3) is 0 Å². The van der Waals surface area contributed by atoms with Crippen LogP contribution in [0.5, 0.6) is 0 Å². The zero-order chi connectivity index (χ0) is 10.8. The van der Waals surface area contributed by atoms with E-state index in [1.165, 1.54) is 5.56 Å². The Morgan fingerprint density at radius 1 is 1.33 bits per heavy atom. The fourth-order valence-corrected chi connectivity index (χ4v) is 2.58. The minimum absolute atomic E-state index is 0.365. The van der Waals surface area contributed by atoms with E-state index in [2.05, 4.69) is 55.0 Å². The molecule has 4 heteroatoms. The molecule has 1 atom stereocenters. The average molecular weight is 334 g/mol. The molecule has 15 heavy (non-hydrogen) atoms. The van der Waals surface area contributed by atoms with Crippen LogP contribution >= 0.6 is 31.9 Å². The Balaban J connectivity index is 2.02. The van der Waals surface area contributed by atoms with Gasteiger partial charge >= 0.3 is 0 Å². The first-order valence-electron chi connectivity index (χ1n) is 5.07. The summed E-state index contributed by atoms with van der Waals surface area (Å²) in [5, 5.41) is 0. The van der Waals surface area contributed by atoms with E-state index in [0.29, 0.717) is 6.04 Å². The van der Waals surface area contributed by atoms with Crippen molar-refractivity contribution in [1.82, 2.24) is 4.90 Å². The maximum absolute atomic E-state index is 5.87.